The zero-order valence-electron chi connectivity index (χ0n) is 10.2. The van der Waals surface area contributed by atoms with Gasteiger partial charge in [-0.25, -0.2) is 5.84 Å². The van der Waals surface area contributed by atoms with Crippen LogP contribution in [0.25, 0.3) is 0 Å². The third-order valence-electron chi connectivity index (χ3n) is 2.18. The highest BCUT2D eigenvalue weighted by Crippen LogP contribution is 2.33. The fourth-order valence-electron chi connectivity index (χ4n) is 1.27. The summed E-state index contributed by atoms with van der Waals surface area (Å²) in [5, 5.41) is 2.71. The van der Waals surface area contributed by atoms with Crippen molar-refractivity contribution in [3.63, 3.8) is 0 Å². The van der Waals surface area contributed by atoms with Gasteiger partial charge in [0.05, 0.1) is 11.3 Å². The van der Waals surface area contributed by atoms with Gasteiger partial charge in [0.25, 0.3) is 0 Å². The minimum absolute atomic E-state index is 0.210. The molecule has 0 radical (unpaired) electrons. The Bertz CT molecular complexity index is 460. The molecule has 0 saturated carbocycles. The normalized spacial score (nSPS) is 12.4. The van der Waals surface area contributed by atoms with Gasteiger partial charge in [-0.05, 0) is 40.5 Å². The lowest BCUT2D eigenvalue weighted by atomic mass is 10.2. The Kier molecular flexibility index (Phi) is 5.61. The number of rotatable bonds is 3. The molecule has 0 heterocycles. The first-order chi connectivity index (χ1) is 8.88. The van der Waals surface area contributed by atoms with Crippen LogP contribution in [0.1, 0.15) is 18.9 Å². The molecule has 0 atom stereocenters. The molecule has 0 spiro atoms. The third kappa shape index (κ3) is 4.71. The molecule has 0 amide bonds. The van der Waals surface area contributed by atoms with E-state index in [9.17, 15) is 13.2 Å². The fourth-order valence-corrected chi connectivity index (χ4v) is 1.62. The molecule has 1 aromatic carbocycles. The van der Waals surface area contributed by atoms with E-state index >= 15 is 0 Å². The second kappa shape index (κ2) is 6.76. The Morgan fingerprint density at radius 1 is 1.42 bits per heavy atom. The van der Waals surface area contributed by atoms with Crippen molar-refractivity contribution >= 4 is 27.6 Å². The van der Waals surface area contributed by atoms with Crippen molar-refractivity contribution in [3.05, 3.63) is 28.2 Å². The van der Waals surface area contributed by atoms with Crippen molar-refractivity contribution in [2.75, 3.05) is 11.9 Å². The number of hydrogen-bond acceptors (Lipinski definition) is 2. The fraction of sp³-hybridized carbons (Fsp3) is 0.364. The summed E-state index contributed by atoms with van der Waals surface area (Å²) in [5.74, 6) is 5.46. The van der Waals surface area contributed by atoms with Gasteiger partial charge in [0, 0.05) is 11.0 Å². The van der Waals surface area contributed by atoms with E-state index in [-0.39, 0.29) is 11.6 Å². The molecular weight excluding hydrogens is 325 g/mol. The predicted molar refractivity (Wildman–Crippen MR) is 72.7 cm³/mol. The molecule has 19 heavy (non-hydrogen) atoms. The highest BCUT2D eigenvalue weighted by Gasteiger charge is 2.30. The van der Waals surface area contributed by atoms with Crippen LogP contribution in [0, 0.1) is 0 Å². The summed E-state index contributed by atoms with van der Waals surface area (Å²) in [6.07, 6.45) is -3.59. The monoisotopic (exact) mass is 338 g/mol. The third-order valence-corrected chi connectivity index (χ3v) is 2.87. The second-order valence-electron chi connectivity index (χ2n) is 3.69. The summed E-state index contributed by atoms with van der Waals surface area (Å²) < 4.78 is 38.3. The predicted octanol–water partition coefficient (Wildman–Crippen LogP) is 3.11. The van der Waals surface area contributed by atoms with E-state index in [2.05, 4.69) is 31.7 Å². The Morgan fingerprint density at radius 3 is 2.63 bits per heavy atom. The van der Waals surface area contributed by atoms with E-state index in [1.54, 1.807) is 0 Å². The molecule has 4 nitrogen and oxygen atoms in total. The van der Waals surface area contributed by atoms with Gasteiger partial charge in [-0.15, -0.1) is 0 Å². The van der Waals surface area contributed by atoms with Gasteiger partial charge >= 0.3 is 6.18 Å². The molecule has 0 saturated heterocycles. The summed E-state index contributed by atoms with van der Waals surface area (Å²) in [6.45, 7) is 2.45. The van der Waals surface area contributed by atoms with Crippen LogP contribution in [-0.2, 0) is 6.18 Å². The molecule has 0 fully saturated rings. The van der Waals surface area contributed by atoms with Gasteiger partial charge in [-0.1, -0.05) is 6.92 Å². The van der Waals surface area contributed by atoms with Crippen LogP contribution < -0.4 is 16.6 Å². The van der Waals surface area contributed by atoms with Crippen LogP contribution in [0.15, 0.2) is 27.7 Å². The highest BCUT2D eigenvalue weighted by atomic mass is 79.9. The van der Waals surface area contributed by atoms with Crippen LogP contribution in [0.3, 0.4) is 0 Å². The second-order valence-corrected chi connectivity index (χ2v) is 4.55. The first kappa shape index (κ1) is 15.8. The average Bonchev–Trinajstić information content (AvgIpc) is 2.35. The number of halogens is 4. The number of guanidine groups is 1. The summed E-state index contributed by atoms with van der Waals surface area (Å²) >= 11 is 3.17. The first-order valence-electron chi connectivity index (χ1n) is 5.53. The van der Waals surface area contributed by atoms with Gasteiger partial charge in [0.15, 0.2) is 0 Å². The van der Waals surface area contributed by atoms with Crippen molar-refractivity contribution in [1.29, 1.82) is 0 Å². The molecule has 0 aliphatic heterocycles. The Hall–Kier alpha value is -1.28. The van der Waals surface area contributed by atoms with Gasteiger partial charge in [-0.2, -0.15) is 13.2 Å². The standard InChI is InChI=1S/C11H14BrF3N4/c1-2-5-17-10(19-16)18-9-6-7(11(13,14)15)3-4-8(9)12/h3-4,6H,2,5,16H2,1H3,(H2,17,18,19). The maximum atomic E-state index is 12.6. The Labute approximate surface area is 117 Å². The van der Waals surface area contributed by atoms with E-state index < -0.39 is 11.7 Å². The van der Waals surface area contributed by atoms with E-state index in [4.69, 9.17) is 5.84 Å². The van der Waals surface area contributed by atoms with Crippen LogP contribution in [0.2, 0.25) is 0 Å². The zero-order valence-corrected chi connectivity index (χ0v) is 11.8. The van der Waals surface area contributed by atoms with Crippen LogP contribution in [0.5, 0.6) is 0 Å². The number of hydrogen-bond donors (Lipinski definition) is 3. The number of hydrazine groups is 1. The zero-order chi connectivity index (χ0) is 14.5. The average molecular weight is 339 g/mol. The lowest BCUT2D eigenvalue weighted by Gasteiger charge is -2.13. The minimum atomic E-state index is -4.39. The van der Waals surface area contributed by atoms with Crippen LogP contribution in [0.4, 0.5) is 18.9 Å². The smallest absolute Gasteiger partial charge is 0.324 e. The van der Waals surface area contributed by atoms with E-state index in [1.807, 2.05) is 6.92 Å². The van der Waals surface area contributed by atoms with E-state index in [0.717, 1.165) is 18.6 Å². The van der Waals surface area contributed by atoms with Crippen molar-refractivity contribution in [3.8, 4) is 0 Å². The molecule has 0 unspecified atom stereocenters. The maximum Gasteiger partial charge on any atom is 0.416 e. The van der Waals surface area contributed by atoms with Crippen molar-refractivity contribution in [2.24, 2.45) is 10.8 Å². The van der Waals surface area contributed by atoms with Crippen molar-refractivity contribution in [1.82, 2.24) is 5.43 Å². The molecule has 1 rings (SSSR count). The lowest BCUT2D eigenvalue weighted by molar-refractivity contribution is -0.137. The lowest BCUT2D eigenvalue weighted by Crippen LogP contribution is -2.36. The summed E-state index contributed by atoms with van der Waals surface area (Å²) in [7, 11) is 0. The van der Waals surface area contributed by atoms with Gasteiger partial charge in [0.2, 0.25) is 5.96 Å². The molecule has 106 valence electrons. The molecule has 4 N–H and O–H groups in total. The number of aliphatic imine (C=N–C) groups is 1. The maximum absolute atomic E-state index is 12.6. The van der Waals surface area contributed by atoms with Gasteiger partial charge in [0.1, 0.15) is 0 Å². The minimum Gasteiger partial charge on any atom is -0.324 e. The first-order valence-corrected chi connectivity index (χ1v) is 6.32. The largest absolute Gasteiger partial charge is 0.416 e. The van der Waals surface area contributed by atoms with E-state index in [1.165, 1.54) is 6.07 Å². The molecular formula is C11H14BrF3N4. The number of benzene rings is 1. The van der Waals surface area contributed by atoms with Crippen molar-refractivity contribution in [2.45, 2.75) is 19.5 Å². The highest BCUT2D eigenvalue weighted by molar-refractivity contribution is 9.10. The molecule has 0 bridgehead atoms. The molecule has 0 aliphatic carbocycles. The van der Waals surface area contributed by atoms with Gasteiger partial charge in [-0.3, -0.25) is 10.4 Å². The topological polar surface area (TPSA) is 62.4 Å². The summed E-state index contributed by atoms with van der Waals surface area (Å²) in [5.41, 5.74) is 1.80. The number of nitrogens with two attached hydrogens (primary N) is 1. The molecule has 0 aliphatic rings. The molecule has 8 heteroatoms. The quantitative estimate of drug-likeness (QED) is 0.343. The van der Waals surface area contributed by atoms with Gasteiger partial charge < -0.3 is 5.32 Å². The Morgan fingerprint density at radius 2 is 2.11 bits per heavy atom. The number of alkyl halides is 3. The Balaban J connectivity index is 2.99. The van der Waals surface area contributed by atoms with Crippen LogP contribution >= 0.6 is 15.9 Å². The van der Waals surface area contributed by atoms with Crippen molar-refractivity contribution < 1.29 is 13.2 Å². The SMILES string of the molecule is CCCN=C(NN)Nc1cc(C(F)(F)F)ccc1Br. The number of nitrogens with one attached hydrogen (secondary N) is 2. The summed E-state index contributed by atoms with van der Waals surface area (Å²) in [4.78, 5) is 4.06. The van der Waals surface area contributed by atoms with Crippen LogP contribution in [-0.4, -0.2) is 12.5 Å². The number of nitrogens with zero attached hydrogens (tertiary/aromatic N) is 1. The van der Waals surface area contributed by atoms with E-state index in [0.29, 0.717) is 11.0 Å². The molecule has 1 aromatic rings. The number of anilines is 1. The summed E-state index contributed by atoms with van der Waals surface area (Å²) in [6, 6.07) is 3.30. The molecule has 0 aromatic heterocycles.